The Balaban J connectivity index is 1.35. The van der Waals surface area contributed by atoms with Crippen LogP contribution in [-0.2, 0) is 20.0 Å². The minimum absolute atomic E-state index is 0.000395. The summed E-state index contributed by atoms with van der Waals surface area (Å²) < 4.78 is 54.3. The van der Waals surface area contributed by atoms with Gasteiger partial charge in [0.2, 0.25) is 10.0 Å². The van der Waals surface area contributed by atoms with Gasteiger partial charge in [-0.05, 0) is 73.5 Å². The Bertz CT molecular complexity index is 1340. The summed E-state index contributed by atoms with van der Waals surface area (Å²) in [6, 6.07) is 14.4. The fraction of sp³-hybridized carbons (Fsp3) is 0.143. The van der Waals surface area contributed by atoms with Gasteiger partial charge >= 0.3 is 0 Å². The summed E-state index contributed by atoms with van der Waals surface area (Å²) in [6.45, 7) is 0. The van der Waals surface area contributed by atoms with Gasteiger partial charge in [0.05, 0.1) is 21.2 Å². The van der Waals surface area contributed by atoms with E-state index in [9.17, 15) is 21.6 Å². The molecule has 0 spiro atoms. The van der Waals surface area contributed by atoms with Gasteiger partial charge in [-0.2, -0.15) is 0 Å². The summed E-state index contributed by atoms with van der Waals surface area (Å²) in [6.07, 6.45) is 4.63. The van der Waals surface area contributed by atoms with Gasteiger partial charge in [0.25, 0.3) is 15.9 Å². The van der Waals surface area contributed by atoms with Crippen LogP contribution < -0.4 is 20.3 Å². The van der Waals surface area contributed by atoms with Gasteiger partial charge in [-0.15, -0.1) is 0 Å². The summed E-state index contributed by atoms with van der Waals surface area (Å²) in [4.78, 5) is 16.3. The number of carbonyl (C=O) groups excluding carboxylic acids is 1. The van der Waals surface area contributed by atoms with Crippen LogP contribution in [0.2, 0.25) is 0 Å². The average molecular weight is 488 g/mol. The van der Waals surface area contributed by atoms with Crippen LogP contribution in [0.15, 0.2) is 82.8 Å². The molecule has 172 valence electrons. The molecule has 0 bridgehead atoms. The summed E-state index contributed by atoms with van der Waals surface area (Å²) in [5.41, 5.74) is 6.28. The Kier molecular flexibility index (Phi) is 6.31. The van der Waals surface area contributed by atoms with E-state index in [1.54, 1.807) is 0 Å². The van der Waals surface area contributed by atoms with Crippen molar-refractivity contribution in [1.82, 2.24) is 15.1 Å². The van der Waals surface area contributed by atoms with Gasteiger partial charge in [-0.1, -0.05) is 0 Å². The first-order valence-corrected chi connectivity index (χ1v) is 12.9. The van der Waals surface area contributed by atoms with Crippen LogP contribution in [0.1, 0.15) is 23.2 Å². The Morgan fingerprint density at radius 2 is 1.33 bits per heavy atom. The van der Waals surface area contributed by atoms with Gasteiger partial charge in [-0.3, -0.25) is 25.4 Å². The molecule has 0 saturated heterocycles. The number of pyridine rings is 1. The third-order valence-corrected chi connectivity index (χ3v) is 7.68. The highest BCUT2D eigenvalue weighted by Crippen LogP contribution is 2.23. The molecule has 0 atom stereocenters. The first kappa shape index (κ1) is 22.7. The zero-order chi connectivity index (χ0) is 23.5. The Hall–Kier alpha value is -3.48. The number of amides is 1. The number of sulfonamides is 2. The molecular weight excluding hydrogens is 466 g/mol. The fourth-order valence-electron chi connectivity index (χ4n) is 2.83. The SMILES string of the molecule is O=C(NNc1ccc(S(=O)(=O)NC2CC2)cc1)c1ccc(S(=O)(=O)Nc2ccncc2)cc1. The molecule has 1 heterocycles. The van der Waals surface area contributed by atoms with E-state index in [1.807, 2.05) is 0 Å². The molecule has 0 aliphatic heterocycles. The largest absolute Gasteiger partial charge is 0.298 e. The second-order valence-corrected chi connectivity index (χ2v) is 10.8. The number of aromatic nitrogens is 1. The number of benzene rings is 2. The van der Waals surface area contributed by atoms with Gasteiger partial charge < -0.3 is 0 Å². The number of nitrogens with zero attached hydrogens (tertiary/aromatic N) is 1. The predicted molar refractivity (Wildman–Crippen MR) is 122 cm³/mol. The van der Waals surface area contributed by atoms with E-state index < -0.39 is 26.0 Å². The molecule has 0 unspecified atom stereocenters. The summed E-state index contributed by atoms with van der Waals surface area (Å²) in [5.74, 6) is -0.492. The van der Waals surface area contributed by atoms with E-state index in [0.29, 0.717) is 11.4 Å². The molecule has 3 aromatic rings. The van der Waals surface area contributed by atoms with Crippen molar-refractivity contribution < 1.29 is 21.6 Å². The number of hydrazine groups is 1. The molecule has 4 rings (SSSR count). The van der Waals surface area contributed by atoms with Crippen molar-refractivity contribution in [1.29, 1.82) is 0 Å². The second-order valence-electron chi connectivity index (χ2n) is 7.36. The quantitative estimate of drug-likeness (QED) is 0.338. The molecule has 1 fully saturated rings. The van der Waals surface area contributed by atoms with Crippen LogP contribution in [0.5, 0.6) is 0 Å². The lowest BCUT2D eigenvalue weighted by Gasteiger charge is -2.11. The van der Waals surface area contributed by atoms with Crippen LogP contribution in [0.3, 0.4) is 0 Å². The molecule has 10 nitrogen and oxygen atoms in total. The predicted octanol–water partition coefficient (Wildman–Crippen LogP) is 2.08. The van der Waals surface area contributed by atoms with Crippen LogP contribution >= 0.6 is 0 Å². The maximum absolute atomic E-state index is 12.5. The molecule has 1 aliphatic carbocycles. The van der Waals surface area contributed by atoms with Crippen LogP contribution in [0.25, 0.3) is 0 Å². The first-order valence-electron chi connectivity index (χ1n) is 9.95. The van der Waals surface area contributed by atoms with Crippen molar-refractivity contribution in [3.63, 3.8) is 0 Å². The van der Waals surface area contributed by atoms with Crippen LogP contribution in [0, 0.1) is 0 Å². The number of anilines is 2. The van der Waals surface area contributed by atoms with Crippen LogP contribution in [0.4, 0.5) is 11.4 Å². The molecule has 33 heavy (non-hydrogen) atoms. The monoisotopic (exact) mass is 487 g/mol. The van der Waals surface area contributed by atoms with Gasteiger partial charge in [0.15, 0.2) is 0 Å². The molecule has 1 aromatic heterocycles. The highest BCUT2D eigenvalue weighted by Gasteiger charge is 2.27. The van der Waals surface area contributed by atoms with Crippen molar-refractivity contribution >= 4 is 37.3 Å². The minimum Gasteiger partial charge on any atom is -0.298 e. The van der Waals surface area contributed by atoms with Crippen molar-refractivity contribution in [3.05, 3.63) is 78.6 Å². The van der Waals surface area contributed by atoms with E-state index in [2.05, 4.69) is 25.3 Å². The zero-order valence-electron chi connectivity index (χ0n) is 17.2. The normalized spacial score (nSPS) is 13.8. The second kappa shape index (κ2) is 9.17. The van der Waals surface area contributed by atoms with Gasteiger partial charge in [-0.25, -0.2) is 21.6 Å². The third kappa shape index (κ3) is 5.86. The molecular formula is C21H21N5O5S2. The average Bonchev–Trinajstić information content (AvgIpc) is 3.61. The number of hydrogen-bond donors (Lipinski definition) is 4. The molecule has 2 aromatic carbocycles. The molecule has 1 amide bonds. The first-order chi connectivity index (χ1) is 15.7. The molecule has 1 saturated carbocycles. The van der Waals surface area contributed by atoms with E-state index in [-0.39, 0.29) is 21.4 Å². The minimum atomic E-state index is -3.81. The molecule has 4 N–H and O–H groups in total. The number of carbonyl (C=O) groups is 1. The Morgan fingerprint density at radius 3 is 1.94 bits per heavy atom. The maximum atomic E-state index is 12.5. The lowest BCUT2D eigenvalue weighted by Crippen LogP contribution is -2.29. The van der Waals surface area contributed by atoms with Crippen molar-refractivity contribution in [2.45, 2.75) is 28.7 Å². The zero-order valence-corrected chi connectivity index (χ0v) is 18.9. The summed E-state index contributed by atoms with van der Waals surface area (Å²) >= 11 is 0. The van der Waals surface area contributed by atoms with E-state index in [1.165, 1.54) is 73.1 Å². The molecule has 1 aliphatic rings. The van der Waals surface area contributed by atoms with E-state index in [0.717, 1.165) is 12.8 Å². The molecule has 12 heteroatoms. The lowest BCUT2D eigenvalue weighted by molar-refractivity contribution is 0.0962. The smallest absolute Gasteiger partial charge is 0.269 e. The number of nitrogens with one attached hydrogen (secondary N) is 4. The van der Waals surface area contributed by atoms with Crippen molar-refractivity contribution in [2.24, 2.45) is 0 Å². The standard InChI is InChI=1S/C21H21N5O5S2/c27-21(24-23-16-5-9-20(10-6-16)33(30,31)25-17-3-4-17)15-1-7-19(8-2-15)32(28,29)26-18-11-13-22-14-12-18/h1-2,5-14,17,23,25H,3-4H2,(H,22,26)(H,24,27). The fourth-order valence-corrected chi connectivity index (χ4v) is 5.19. The topological polar surface area (TPSA) is 146 Å². The third-order valence-electron chi connectivity index (χ3n) is 4.74. The summed E-state index contributed by atoms with van der Waals surface area (Å²) in [5, 5.41) is 0. The highest BCUT2D eigenvalue weighted by molar-refractivity contribution is 7.92. The number of rotatable bonds is 9. The molecule has 0 radical (unpaired) electrons. The van der Waals surface area contributed by atoms with Gasteiger partial charge in [0.1, 0.15) is 0 Å². The van der Waals surface area contributed by atoms with Crippen LogP contribution in [-0.4, -0.2) is 33.8 Å². The number of hydrogen-bond acceptors (Lipinski definition) is 7. The lowest BCUT2D eigenvalue weighted by atomic mass is 10.2. The van der Waals surface area contributed by atoms with Crippen molar-refractivity contribution in [2.75, 3.05) is 10.1 Å². The Morgan fingerprint density at radius 1 is 0.758 bits per heavy atom. The van der Waals surface area contributed by atoms with Gasteiger partial charge in [0, 0.05) is 24.0 Å². The summed E-state index contributed by atoms with van der Waals surface area (Å²) in [7, 11) is -7.36. The highest BCUT2D eigenvalue weighted by atomic mass is 32.2. The Labute approximate surface area is 191 Å². The van der Waals surface area contributed by atoms with E-state index >= 15 is 0 Å². The maximum Gasteiger partial charge on any atom is 0.269 e. The van der Waals surface area contributed by atoms with E-state index in [4.69, 9.17) is 0 Å². The van der Waals surface area contributed by atoms with Crippen molar-refractivity contribution in [3.8, 4) is 0 Å².